The third kappa shape index (κ3) is 2.95. The van der Waals surface area contributed by atoms with E-state index in [0.717, 1.165) is 6.07 Å². The Labute approximate surface area is 102 Å². The van der Waals surface area contributed by atoms with Gasteiger partial charge in [-0.05, 0) is 41.9 Å². The minimum atomic E-state index is -0.595. The van der Waals surface area contributed by atoms with Crippen LogP contribution in [0.3, 0.4) is 0 Å². The van der Waals surface area contributed by atoms with Crippen molar-refractivity contribution in [3.8, 4) is 5.75 Å². The summed E-state index contributed by atoms with van der Waals surface area (Å²) in [6, 6.07) is 2.51. The molecule has 0 aliphatic heterocycles. The lowest BCUT2D eigenvalue weighted by atomic mass is 10.2. The number of rotatable bonds is 3. The molecule has 0 unspecified atom stereocenters. The standard InChI is InChI=1S/C11H12BrFO3/c1-6(2)16-10-5-8(12)7(4-9(10)13)11(14)15-3/h4-6H,1-3H3. The number of esters is 1. The second-order valence-corrected chi connectivity index (χ2v) is 4.28. The molecule has 0 fully saturated rings. The molecule has 16 heavy (non-hydrogen) atoms. The van der Waals surface area contributed by atoms with Gasteiger partial charge in [-0.1, -0.05) is 0 Å². The molecule has 0 spiro atoms. The van der Waals surface area contributed by atoms with Crippen LogP contribution >= 0.6 is 15.9 Å². The van der Waals surface area contributed by atoms with Crippen molar-refractivity contribution >= 4 is 21.9 Å². The summed E-state index contributed by atoms with van der Waals surface area (Å²) in [5, 5.41) is 0. The van der Waals surface area contributed by atoms with Crippen molar-refractivity contribution in [1.29, 1.82) is 0 Å². The van der Waals surface area contributed by atoms with Gasteiger partial charge in [-0.15, -0.1) is 0 Å². The molecule has 0 saturated carbocycles. The molecular formula is C11H12BrFO3. The molecular weight excluding hydrogens is 279 g/mol. The van der Waals surface area contributed by atoms with E-state index in [4.69, 9.17) is 4.74 Å². The smallest absolute Gasteiger partial charge is 0.339 e. The highest BCUT2D eigenvalue weighted by molar-refractivity contribution is 9.10. The fourth-order valence-electron chi connectivity index (χ4n) is 1.14. The first-order chi connectivity index (χ1) is 7.45. The lowest BCUT2D eigenvalue weighted by molar-refractivity contribution is 0.0599. The summed E-state index contributed by atoms with van der Waals surface area (Å²) in [5.41, 5.74) is 0.135. The van der Waals surface area contributed by atoms with E-state index in [0.29, 0.717) is 4.47 Å². The Morgan fingerprint density at radius 1 is 1.44 bits per heavy atom. The first-order valence-electron chi connectivity index (χ1n) is 4.69. The maximum Gasteiger partial charge on any atom is 0.339 e. The van der Waals surface area contributed by atoms with Gasteiger partial charge in [0.2, 0.25) is 0 Å². The Bertz CT molecular complexity index is 404. The second-order valence-electron chi connectivity index (χ2n) is 3.42. The lowest BCUT2D eigenvalue weighted by Crippen LogP contribution is -2.09. The van der Waals surface area contributed by atoms with E-state index < -0.39 is 11.8 Å². The largest absolute Gasteiger partial charge is 0.488 e. The van der Waals surface area contributed by atoms with Crippen LogP contribution in [0.15, 0.2) is 16.6 Å². The van der Waals surface area contributed by atoms with Gasteiger partial charge in [0.1, 0.15) is 0 Å². The fourth-order valence-corrected chi connectivity index (χ4v) is 1.62. The fraction of sp³-hybridized carbons (Fsp3) is 0.364. The monoisotopic (exact) mass is 290 g/mol. The summed E-state index contributed by atoms with van der Waals surface area (Å²) in [5.74, 6) is -1.08. The van der Waals surface area contributed by atoms with Gasteiger partial charge in [0, 0.05) is 4.47 Å². The molecule has 0 N–H and O–H groups in total. The highest BCUT2D eigenvalue weighted by Crippen LogP contribution is 2.27. The molecule has 3 nitrogen and oxygen atoms in total. The van der Waals surface area contributed by atoms with Crippen molar-refractivity contribution in [1.82, 2.24) is 0 Å². The van der Waals surface area contributed by atoms with Gasteiger partial charge in [-0.25, -0.2) is 9.18 Å². The number of carbonyl (C=O) groups is 1. The predicted molar refractivity (Wildman–Crippen MR) is 61.2 cm³/mol. The number of methoxy groups -OCH3 is 1. The van der Waals surface area contributed by atoms with E-state index in [1.54, 1.807) is 13.8 Å². The summed E-state index contributed by atoms with van der Waals surface area (Å²) in [4.78, 5) is 11.3. The maximum absolute atomic E-state index is 13.5. The molecule has 0 aromatic heterocycles. The Balaban J connectivity index is 3.11. The van der Waals surface area contributed by atoms with Gasteiger partial charge in [0.25, 0.3) is 0 Å². The first kappa shape index (κ1) is 13.0. The normalized spacial score (nSPS) is 10.4. The molecule has 0 amide bonds. The highest BCUT2D eigenvalue weighted by Gasteiger charge is 2.16. The first-order valence-corrected chi connectivity index (χ1v) is 5.49. The topological polar surface area (TPSA) is 35.5 Å². The molecule has 1 rings (SSSR count). The van der Waals surface area contributed by atoms with E-state index in [1.807, 2.05) is 0 Å². The molecule has 0 aliphatic carbocycles. The van der Waals surface area contributed by atoms with Crippen LogP contribution < -0.4 is 4.74 Å². The molecule has 0 bridgehead atoms. The molecule has 1 aromatic carbocycles. The molecule has 1 aromatic rings. The van der Waals surface area contributed by atoms with Gasteiger partial charge in [0.05, 0.1) is 18.8 Å². The average molecular weight is 291 g/mol. The molecule has 0 aliphatic rings. The van der Waals surface area contributed by atoms with E-state index in [2.05, 4.69) is 20.7 Å². The van der Waals surface area contributed by atoms with Crippen molar-refractivity contribution in [2.24, 2.45) is 0 Å². The zero-order valence-electron chi connectivity index (χ0n) is 9.21. The molecule has 0 saturated heterocycles. The van der Waals surface area contributed by atoms with E-state index >= 15 is 0 Å². The Hall–Kier alpha value is -1.10. The van der Waals surface area contributed by atoms with Gasteiger partial charge in [-0.2, -0.15) is 0 Å². The van der Waals surface area contributed by atoms with Crippen LogP contribution in [0, 0.1) is 5.82 Å². The summed E-state index contributed by atoms with van der Waals surface area (Å²) in [6.07, 6.45) is -0.134. The van der Waals surface area contributed by atoms with Crippen LogP contribution in [0.4, 0.5) is 4.39 Å². The van der Waals surface area contributed by atoms with Crippen molar-refractivity contribution in [2.75, 3.05) is 7.11 Å². The van der Waals surface area contributed by atoms with Crippen LogP contribution in [0.1, 0.15) is 24.2 Å². The third-order valence-electron chi connectivity index (χ3n) is 1.79. The lowest BCUT2D eigenvalue weighted by Gasteiger charge is -2.12. The summed E-state index contributed by atoms with van der Waals surface area (Å²) in [6.45, 7) is 3.59. The van der Waals surface area contributed by atoms with Crippen LogP contribution in [0.5, 0.6) is 5.75 Å². The average Bonchev–Trinajstić information content (AvgIpc) is 2.21. The Kier molecular flexibility index (Phi) is 4.29. The van der Waals surface area contributed by atoms with E-state index in [-0.39, 0.29) is 17.4 Å². The quantitative estimate of drug-likeness (QED) is 0.802. The molecule has 0 atom stereocenters. The summed E-state index contributed by atoms with van der Waals surface area (Å²) >= 11 is 3.17. The van der Waals surface area contributed by atoms with Crippen LogP contribution in [0.25, 0.3) is 0 Å². The molecule has 5 heteroatoms. The zero-order chi connectivity index (χ0) is 12.3. The Morgan fingerprint density at radius 3 is 2.56 bits per heavy atom. The van der Waals surface area contributed by atoms with Crippen LogP contribution in [-0.4, -0.2) is 19.2 Å². The van der Waals surface area contributed by atoms with E-state index in [1.165, 1.54) is 13.2 Å². The van der Waals surface area contributed by atoms with E-state index in [9.17, 15) is 9.18 Å². The van der Waals surface area contributed by atoms with Crippen LogP contribution in [-0.2, 0) is 4.74 Å². The third-order valence-corrected chi connectivity index (χ3v) is 2.45. The number of benzene rings is 1. The summed E-state index contributed by atoms with van der Waals surface area (Å²) < 4.78 is 23.7. The Morgan fingerprint density at radius 2 is 2.06 bits per heavy atom. The molecule has 0 heterocycles. The van der Waals surface area contributed by atoms with Crippen LogP contribution in [0.2, 0.25) is 0 Å². The van der Waals surface area contributed by atoms with Crippen molar-refractivity contribution in [3.05, 3.63) is 28.0 Å². The minimum Gasteiger partial charge on any atom is -0.488 e. The number of ether oxygens (including phenoxy) is 2. The molecule has 88 valence electrons. The second kappa shape index (κ2) is 5.30. The maximum atomic E-state index is 13.5. The molecule has 0 radical (unpaired) electrons. The number of hydrogen-bond donors (Lipinski definition) is 0. The van der Waals surface area contributed by atoms with Gasteiger partial charge >= 0.3 is 5.97 Å². The highest BCUT2D eigenvalue weighted by atomic mass is 79.9. The van der Waals surface area contributed by atoms with Gasteiger partial charge in [0.15, 0.2) is 11.6 Å². The number of hydrogen-bond acceptors (Lipinski definition) is 3. The zero-order valence-corrected chi connectivity index (χ0v) is 10.8. The van der Waals surface area contributed by atoms with Crippen molar-refractivity contribution in [3.63, 3.8) is 0 Å². The van der Waals surface area contributed by atoms with Crippen molar-refractivity contribution in [2.45, 2.75) is 20.0 Å². The minimum absolute atomic E-state index is 0.106. The van der Waals surface area contributed by atoms with Gasteiger partial charge < -0.3 is 9.47 Å². The number of halogens is 2. The van der Waals surface area contributed by atoms with Gasteiger partial charge in [-0.3, -0.25) is 0 Å². The summed E-state index contributed by atoms with van der Waals surface area (Å²) in [7, 11) is 1.24. The SMILES string of the molecule is COC(=O)c1cc(F)c(OC(C)C)cc1Br. The predicted octanol–water partition coefficient (Wildman–Crippen LogP) is 3.16. The van der Waals surface area contributed by atoms with Crippen molar-refractivity contribution < 1.29 is 18.7 Å². The number of carbonyl (C=O) groups excluding carboxylic acids is 1.